The van der Waals surface area contributed by atoms with Crippen molar-refractivity contribution in [2.45, 2.75) is 31.8 Å². The van der Waals surface area contributed by atoms with Crippen molar-refractivity contribution in [3.8, 4) is 0 Å². The minimum atomic E-state index is 0.309. The van der Waals surface area contributed by atoms with Crippen molar-refractivity contribution in [3.05, 3.63) is 0 Å². The molecule has 80 valence electrons. The first-order valence-corrected chi connectivity index (χ1v) is 5.37. The van der Waals surface area contributed by atoms with Crippen molar-refractivity contribution in [1.29, 1.82) is 0 Å². The van der Waals surface area contributed by atoms with E-state index in [1.54, 1.807) is 0 Å². The summed E-state index contributed by atoms with van der Waals surface area (Å²) >= 11 is 0. The molecule has 14 heavy (non-hydrogen) atoms. The molecule has 0 bridgehead atoms. The molecule has 2 rings (SSSR count). The summed E-state index contributed by atoms with van der Waals surface area (Å²) in [4.78, 5) is 13.3. The fourth-order valence-corrected chi connectivity index (χ4v) is 2.01. The number of nitrogens with zero attached hydrogens (tertiary/aromatic N) is 1. The summed E-state index contributed by atoms with van der Waals surface area (Å²) in [7, 11) is 0. The van der Waals surface area contributed by atoms with E-state index in [1.807, 2.05) is 4.90 Å². The number of hydrogen-bond donors (Lipinski definition) is 1. The molecule has 2 heterocycles. The van der Waals surface area contributed by atoms with Crippen LogP contribution in [0.4, 0.5) is 0 Å². The van der Waals surface area contributed by atoms with Gasteiger partial charge in [-0.25, -0.2) is 0 Å². The normalized spacial score (nSPS) is 25.2. The van der Waals surface area contributed by atoms with Gasteiger partial charge in [0.15, 0.2) is 0 Å². The molecule has 0 saturated carbocycles. The average molecular weight is 198 g/mol. The molecule has 1 N–H and O–H groups in total. The van der Waals surface area contributed by atoms with Crippen molar-refractivity contribution < 1.29 is 9.53 Å². The molecule has 2 aliphatic heterocycles. The molecule has 4 nitrogen and oxygen atoms in total. The largest absolute Gasteiger partial charge is 0.378 e. The second kappa shape index (κ2) is 4.28. The molecule has 0 aliphatic carbocycles. The van der Waals surface area contributed by atoms with Crippen LogP contribution in [-0.2, 0) is 9.53 Å². The first-order chi connectivity index (χ1) is 6.75. The number of amides is 1. The van der Waals surface area contributed by atoms with Crippen LogP contribution < -0.4 is 5.32 Å². The van der Waals surface area contributed by atoms with Crippen LogP contribution in [0.1, 0.15) is 19.8 Å². The van der Waals surface area contributed by atoms with Crippen LogP contribution in [0.25, 0.3) is 0 Å². The summed E-state index contributed by atoms with van der Waals surface area (Å²) in [5.74, 6) is 0.309. The van der Waals surface area contributed by atoms with Crippen LogP contribution in [0, 0.1) is 0 Å². The Morgan fingerprint density at radius 2 is 2.43 bits per heavy atom. The third-order valence-corrected chi connectivity index (χ3v) is 2.82. The van der Waals surface area contributed by atoms with Gasteiger partial charge in [0.2, 0.25) is 5.91 Å². The molecule has 0 aromatic carbocycles. The van der Waals surface area contributed by atoms with Crippen LogP contribution in [0.5, 0.6) is 0 Å². The highest BCUT2D eigenvalue weighted by Gasteiger charge is 2.24. The Morgan fingerprint density at radius 3 is 2.93 bits per heavy atom. The Morgan fingerprint density at radius 1 is 1.64 bits per heavy atom. The maximum atomic E-state index is 11.4. The summed E-state index contributed by atoms with van der Waals surface area (Å²) < 4.78 is 5.08. The lowest BCUT2D eigenvalue weighted by Gasteiger charge is -2.31. The van der Waals surface area contributed by atoms with Crippen molar-refractivity contribution in [2.24, 2.45) is 0 Å². The maximum Gasteiger partial charge on any atom is 0.222 e. The fourth-order valence-electron chi connectivity index (χ4n) is 2.01. The Kier molecular flexibility index (Phi) is 3.03. The predicted octanol–water partition coefficient (Wildman–Crippen LogP) is -0.0143. The first-order valence-electron chi connectivity index (χ1n) is 5.37. The SMILES string of the molecule is CC(CN1CCCC1=O)NC1COC1. The van der Waals surface area contributed by atoms with E-state index < -0.39 is 0 Å². The van der Waals surface area contributed by atoms with E-state index in [0.29, 0.717) is 18.0 Å². The van der Waals surface area contributed by atoms with Gasteiger partial charge in [-0.1, -0.05) is 0 Å². The number of rotatable bonds is 4. The van der Waals surface area contributed by atoms with E-state index in [-0.39, 0.29) is 0 Å². The zero-order chi connectivity index (χ0) is 9.97. The van der Waals surface area contributed by atoms with Gasteiger partial charge in [-0.3, -0.25) is 4.79 Å². The standard InChI is InChI=1S/C10H18N2O2/c1-8(11-9-6-14-7-9)5-12-4-2-3-10(12)13/h8-9,11H,2-7H2,1H3. The van der Waals surface area contributed by atoms with Gasteiger partial charge in [0.05, 0.1) is 19.3 Å². The average Bonchev–Trinajstić information content (AvgIpc) is 2.45. The van der Waals surface area contributed by atoms with Crippen molar-refractivity contribution in [3.63, 3.8) is 0 Å². The first kappa shape index (κ1) is 9.93. The van der Waals surface area contributed by atoms with Gasteiger partial charge in [0.1, 0.15) is 0 Å². The van der Waals surface area contributed by atoms with E-state index in [9.17, 15) is 4.79 Å². The Balaban J connectivity index is 1.70. The van der Waals surface area contributed by atoms with Crippen molar-refractivity contribution in [2.75, 3.05) is 26.3 Å². The highest BCUT2D eigenvalue weighted by Crippen LogP contribution is 2.10. The summed E-state index contributed by atoms with van der Waals surface area (Å²) in [6, 6.07) is 0.883. The lowest BCUT2D eigenvalue weighted by atomic mass is 10.2. The maximum absolute atomic E-state index is 11.4. The zero-order valence-electron chi connectivity index (χ0n) is 8.66. The minimum absolute atomic E-state index is 0.309. The Labute approximate surface area is 84.6 Å². The van der Waals surface area contributed by atoms with Gasteiger partial charge in [0, 0.05) is 25.6 Å². The van der Waals surface area contributed by atoms with Crippen molar-refractivity contribution >= 4 is 5.91 Å². The molecule has 0 spiro atoms. The van der Waals surface area contributed by atoms with E-state index >= 15 is 0 Å². The van der Waals surface area contributed by atoms with Crippen LogP contribution in [0.3, 0.4) is 0 Å². The number of nitrogens with one attached hydrogen (secondary N) is 1. The zero-order valence-corrected chi connectivity index (χ0v) is 8.66. The fraction of sp³-hybridized carbons (Fsp3) is 0.900. The van der Waals surface area contributed by atoms with Gasteiger partial charge in [-0.15, -0.1) is 0 Å². The summed E-state index contributed by atoms with van der Waals surface area (Å²) in [6.07, 6.45) is 1.76. The molecule has 1 amide bonds. The van der Waals surface area contributed by atoms with Gasteiger partial charge in [-0.2, -0.15) is 0 Å². The summed E-state index contributed by atoms with van der Waals surface area (Å²) in [6.45, 7) is 5.54. The third kappa shape index (κ3) is 2.25. The van der Waals surface area contributed by atoms with Crippen LogP contribution in [0.2, 0.25) is 0 Å². The van der Waals surface area contributed by atoms with Crippen LogP contribution in [-0.4, -0.2) is 49.2 Å². The van der Waals surface area contributed by atoms with Gasteiger partial charge in [-0.05, 0) is 13.3 Å². The highest BCUT2D eigenvalue weighted by molar-refractivity contribution is 5.78. The third-order valence-electron chi connectivity index (χ3n) is 2.82. The molecular formula is C10H18N2O2. The van der Waals surface area contributed by atoms with Gasteiger partial charge in [0.25, 0.3) is 0 Å². The topological polar surface area (TPSA) is 41.6 Å². The van der Waals surface area contributed by atoms with Crippen LogP contribution in [0.15, 0.2) is 0 Å². The Hall–Kier alpha value is -0.610. The molecule has 1 atom stereocenters. The number of hydrogen-bond acceptors (Lipinski definition) is 3. The van der Waals surface area contributed by atoms with E-state index in [4.69, 9.17) is 4.74 Å². The molecule has 4 heteroatoms. The van der Waals surface area contributed by atoms with E-state index in [1.165, 1.54) is 0 Å². The van der Waals surface area contributed by atoms with E-state index in [0.717, 1.165) is 39.1 Å². The van der Waals surface area contributed by atoms with Gasteiger partial charge < -0.3 is 15.0 Å². The van der Waals surface area contributed by atoms with Gasteiger partial charge >= 0.3 is 0 Å². The molecule has 0 aromatic heterocycles. The summed E-state index contributed by atoms with van der Waals surface area (Å²) in [5.41, 5.74) is 0. The molecule has 2 saturated heterocycles. The number of carbonyl (C=O) groups excluding carboxylic acids is 1. The molecule has 1 unspecified atom stereocenters. The smallest absolute Gasteiger partial charge is 0.222 e. The van der Waals surface area contributed by atoms with Crippen LogP contribution >= 0.6 is 0 Å². The lowest BCUT2D eigenvalue weighted by Crippen LogP contribution is -2.52. The second-order valence-corrected chi connectivity index (χ2v) is 4.25. The molecule has 2 fully saturated rings. The van der Waals surface area contributed by atoms with Crippen molar-refractivity contribution in [1.82, 2.24) is 10.2 Å². The highest BCUT2D eigenvalue weighted by atomic mass is 16.5. The number of carbonyl (C=O) groups is 1. The summed E-state index contributed by atoms with van der Waals surface area (Å²) in [5, 5.41) is 3.44. The second-order valence-electron chi connectivity index (χ2n) is 4.25. The molecular weight excluding hydrogens is 180 g/mol. The minimum Gasteiger partial charge on any atom is -0.378 e. The molecule has 0 aromatic rings. The predicted molar refractivity (Wildman–Crippen MR) is 53.0 cm³/mol. The number of ether oxygens (including phenoxy) is 1. The number of likely N-dealkylation sites (tertiary alicyclic amines) is 1. The molecule has 2 aliphatic rings. The van der Waals surface area contributed by atoms with E-state index in [2.05, 4.69) is 12.2 Å². The molecule has 0 radical (unpaired) electrons. The quantitative estimate of drug-likeness (QED) is 0.690. The Bertz CT molecular complexity index is 216. The lowest BCUT2D eigenvalue weighted by molar-refractivity contribution is -0.128. The monoisotopic (exact) mass is 198 g/mol.